The molecule has 0 aliphatic heterocycles. The number of hydrogen-bond donors (Lipinski definition) is 0. The van der Waals surface area contributed by atoms with Crippen LogP contribution in [-0.2, 0) is 9.53 Å². The lowest BCUT2D eigenvalue weighted by molar-refractivity contribution is -0.140. The van der Waals surface area contributed by atoms with Gasteiger partial charge >= 0.3 is 5.97 Å². The molecule has 0 fully saturated rings. The second kappa shape index (κ2) is 6.96. The van der Waals surface area contributed by atoms with Gasteiger partial charge in [0.25, 0.3) is 0 Å². The van der Waals surface area contributed by atoms with E-state index >= 15 is 0 Å². The van der Waals surface area contributed by atoms with Crippen molar-refractivity contribution < 1.29 is 9.53 Å². The van der Waals surface area contributed by atoms with Gasteiger partial charge in [0.15, 0.2) is 0 Å². The molecule has 2 nitrogen and oxygen atoms in total. The van der Waals surface area contributed by atoms with E-state index in [1.54, 1.807) is 6.92 Å². The Kier molecular flexibility index (Phi) is 6.66. The molecule has 0 rings (SSSR count). The van der Waals surface area contributed by atoms with Crippen molar-refractivity contribution in [3.05, 3.63) is 12.2 Å². The number of carbonyl (C=O) groups excluding carboxylic acids is 1. The van der Waals surface area contributed by atoms with Crippen molar-refractivity contribution in [2.24, 2.45) is 10.8 Å². The van der Waals surface area contributed by atoms with E-state index in [-0.39, 0.29) is 16.8 Å². The number of esters is 1. The Morgan fingerprint density at radius 1 is 1.17 bits per heavy atom. The van der Waals surface area contributed by atoms with E-state index in [1.165, 1.54) is 19.3 Å². The molecule has 0 aliphatic rings. The second-order valence-electron chi connectivity index (χ2n) is 6.58. The van der Waals surface area contributed by atoms with Gasteiger partial charge in [-0.1, -0.05) is 54.0 Å². The fourth-order valence-electron chi connectivity index (χ4n) is 1.93. The maximum absolute atomic E-state index is 11.4. The number of rotatable bonds is 7. The van der Waals surface area contributed by atoms with Crippen LogP contribution in [0.25, 0.3) is 0 Å². The van der Waals surface area contributed by atoms with Gasteiger partial charge < -0.3 is 4.74 Å². The Balaban J connectivity index is 4.43. The molecule has 106 valence electrons. The molecule has 0 amide bonds. The van der Waals surface area contributed by atoms with Gasteiger partial charge in [0, 0.05) is 5.57 Å². The maximum atomic E-state index is 11.4. The molecule has 1 unspecified atom stereocenters. The normalized spacial score (nSPS) is 15.0. The molecule has 2 heteroatoms. The third-order valence-corrected chi connectivity index (χ3v) is 4.13. The lowest BCUT2D eigenvalue weighted by Gasteiger charge is -2.42. The molecule has 0 N–H and O–H groups in total. The first-order valence-electron chi connectivity index (χ1n) is 6.96. The van der Waals surface area contributed by atoms with Crippen LogP contribution in [0, 0.1) is 10.8 Å². The largest absolute Gasteiger partial charge is 0.462 e. The highest BCUT2D eigenvalue weighted by Gasteiger charge is 2.36. The predicted molar refractivity (Wildman–Crippen MR) is 77.5 cm³/mol. The third-order valence-electron chi connectivity index (χ3n) is 4.13. The summed E-state index contributed by atoms with van der Waals surface area (Å²) in [5.74, 6) is -0.276. The van der Waals surface area contributed by atoms with Crippen LogP contribution in [0.1, 0.15) is 67.2 Å². The van der Waals surface area contributed by atoms with Gasteiger partial charge in [-0.3, -0.25) is 0 Å². The first-order chi connectivity index (χ1) is 8.14. The summed E-state index contributed by atoms with van der Waals surface area (Å²) >= 11 is 0. The van der Waals surface area contributed by atoms with Gasteiger partial charge in [0.1, 0.15) is 0 Å². The molecule has 0 saturated carbocycles. The average molecular weight is 254 g/mol. The Bertz CT molecular complexity index is 286. The summed E-state index contributed by atoms with van der Waals surface area (Å²) in [7, 11) is 0. The first-order valence-corrected chi connectivity index (χ1v) is 6.96. The average Bonchev–Trinajstić information content (AvgIpc) is 2.24. The molecule has 0 aromatic heterocycles. The second-order valence-corrected chi connectivity index (χ2v) is 6.58. The summed E-state index contributed by atoms with van der Waals surface area (Å²) in [4.78, 5) is 11.4. The van der Waals surface area contributed by atoms with Crippen molar-refractivity contribution >= 4 is 5.97 Å². The highest BCUT2D eigenvalue weighted by molar-refractivity contribution is 5.86. The predicted octanol–water partition coefficient (Wildman–Crippen LogP) is 4.74. The van der Waals surface area contributed by atoms with Crippen LogP contribution in [0.3, 0.4) is 0 Å². The lowest BCUT2D eigenvalue weighted by atomic mass is 9.63. The number of unbranched alkanes of at least 4 members (excludes halogenated alkanes) is 1. The Labute approximate surface area is 113 Å². The summed E-state index contributed by atoms with van der Waals surface area (Å²) in [6.07, 6.45) is 4.52. The van der Waals surface area contributed by atoms with Crippen LogP contribution in [0.2, 0.25) is 0 Å². The smallest absolute Gasteiger partial charge is 0.333 e. The molecule has 0 radical (unpaired) electrons. The van der Waals surface area contributed by atoms with E-state index in [9.17, 15) is 4.79 Å². The summed E-state index contributed by atoms with van der Waals surface area (Å²) in [5, 5.41) is 0. The monoisotopic (exact) mass is 254 g/mol. The molecular formula is C16H30O2. The molecule has 0 aromatic rings. The van der Waals surface area contributed by atoms with E-state index in [0.717, 1.165) is 6.42 Å². The van der Waals surface area contributed by atoms with Crippen molar-refractivity contribution in [3.8, 4) is 0 Å². The van der Waals surface area contributed by atoms with Crippen molar-refractivity contribution in [1.82, 2.24) is 0 Å². The van der Waals surface area contributed by atoms with Gasteiger partial charge in [0.2, 0.25) is 0 Å². The SMILES string of the molecule is C=C(C)C(=O)OCCC(C)(CCCC)C(C)(C)C. The van der Waals surface area contributed by atoms with Crippen molar-refractivity contribution in [2.45, 2.75) is 67.2 Å². The van der Waals surface area contributed by atoms with E-state index < -0.39 is 0 Å². The summed E-state index contributed by atoms with van der Waals surface area (Å²) in [6, 6.07) is 0. The van der Waals surface area contributed by atoms with E-state index in [4.69, 9.17) is 4.74 Å². The molecule has 0 heterocycles. The molecular weight excluding hydrogens is 224 g/mol. The first kappa shape index (κ1) is 17.2. The number of carbonyl (C=O) groups is 1. The van der Waals surface area contributed by atoms with Gasteiger partial charge in [-0.2, -0.15) is 0 Å². The quantitative estimate of drug-likeness (QED) is 0.484. The molecule has 0 aromatic carbocycles. The standard InChI is InChI=1S/C16H30O2/c1-8-9-10-16(7,15(4,5)6)11-12-18-14(17)13(2)3/h2,8-12H2,1,3-7H3. The lowest BCUT2D eigenvalue weighted by Crippen LogP contribution is -2.34. The minimum atomic E-state index is -0.276. The van der Waals surface area contributed by atoms with Crippen molar-refractivity contribution in [2.75, 3.05) is 6.61 Å². The van der Waals surface area contributed by atoms with Gasteiger partial charge in [-0.25, -0.2) is 4.79 Å². The highest BCUT2D eigenvalue weighted by atomic mass is 16.5. The van der Waals surface area contributed by atoms with Crippen LogP contribution < -0.4 is 0 Å². The number of hydrogen-bond acceptors (Lipinski definition) is 2. The third kappa shape index (κ3) is 5.24. The van der Waals surface area contributed by atoms with E-state index in [0.29, 0.717) is 12.2 Å². The van der Waals surface area contributed by atoms with Crippen molar-refractivity contribution in [1.29, 1.82) is 0 Å². The van der Waals surface area contributed by atoms with Crippen LogP contribution in [0.15, 0.2) is 12.2 Å². The molecule has 0 spiro atoms. The maximum Gasteiger partial charge on any atom is 0.333 e. The van der Waals surface area contributed by atoms with Crippen LogP contribution in [0.4, 0.5) is 0 Å². The minimum absolute atomic E-state index is 0.207. The zero-order valence-electron chi connectivity index (χ0n) is 13.1. The van der Waals surface area contributed by atoms with Gasteiger partial charge in [-0.05, 0) is 30.6 Å². The molecule has 0 aliphatic carbocycles. The molecule has 0 saturated heterocycles. The molecule has 1 atom stereocenters. The zero-order chi connectivity index (χ0) is 14.4. The van der Waals surface area contributed by atoms with Crippen LogP contribution >= 0.6 is 0 Å². The van der Waals surface area contributed by atoms with Crippen LogP contribution in [0.5, 0.6) is 0 Å². The topological polar surface area (TPSA) is 26.3 Å². The van der Waals surface area contributed by atoms with E-state index in [1.807, 2.05) is 0 Å². The molecule has 0 bridgehead atoms. The molecule has 18 heavy (non-hydrogen) atoms. The highest BCUT2D eigenvalue weighted by Crippen LogP contribution is 2.45. The number of ether oxygens (including phenoxy) is 1. The van der Waals surface area contributed by atoms with E-state index in [2.05, 4.69) is 41.2 Å². The summed E-state index contributed by atoms with van der Waals surface area (Å²) in [5.41, 5.74) is 0.900. The van der Waals surface area contributed by atoms with Crippen molar-refractivity contribution in [3.63, 3.8) is 0 Å². The fraction of sp³-hybridized carbons (Fsp3) is 0.812. The summed E-state index contributed by atoms with van der Waals surface area (Å²) < 4.78 is 5.24. The Hall–Kier alpha value is -0.790. The Morgan fingerprint density at radius 2 is 1.72 bits per heavy atom. The zero-order valence-corrected chi connectivity index (χ0v) is 13.1. The van der Waals surface area contributed by atoms with Crippen LogP contribution in [-0.4, -0.2) is 12.6 Å². The minimum Gasteiger partial charge on any atom is -0.462 e. The fourth-order valence-corrected chi connectivity index (χ4v) is 1.93. The van der Waals surface area contributed by atoms with Gasteiger partial charge in [0.05, 0.1) is 6.61 Å². The Morgan fingerprint density at radius 3 is 2.11 bits per heavy atom. The van der Waals surface area contributed by atoms with Gasteiger partial charge in [-0.15, -0.1) is 0 Å². The summed E-state index contributed by atoms with van der Waals surface area (Å²) in [6.45, 7) is 17.1.